The molecule has 20 heavy (non-hydrogen) atoms. The van der Waals surface area contributed by atoms with Crippen LogP contribution in [0.15, 0.2) is 24.3 Å². The highest BCUT2D eigenvalue weighted by molar-refractivity contribution is 7.93. The van der Waals surface area contributed by atoms with Crippen LogP contribution in [0.25, 0.3) is 0 Å². The fourth-order valence-electron chi connectivity index (χ4n) is 2.03. The summed E-state index contributed by atoms with van der Waals surface area (Å²) in [6, 6.07) is 5.79. The SMILES string of the molecule is COC(=O)C1CC(S(=O)(=O)Nc2ccc(Cl)cc2)CN1. The first-order valence-corrected chi connectivity index (χ1v) is 7.93. The van der Waals surface area contributed by atoms with E-state index in [0.717, 1.165) is 0 Å². The molecule has 8 heteroatoms. The molecule has 0 bridgehead atoms. The van der Waals surface area contributed by atoms with E-state index in [-0.39, 0.29) is 13.0 Å². The molecule has 1 aliphatic heterocycles. The summed E-state index contributed by atoms with van der Waals surface area (Å²) in [5, 5.41) is 2.69. The Morgan fingerprint density at radius 1 is 1.40 bits per heavy atom. The second-order valence-corrected chi connectivity index (χ2v) is 6.89. The second kappa shape index (κ2) is 5.99. The van der Waals surface area contributed by atoms with E-state index < -0.39 is 27.3 Å². The summed E-state index contributed by atoms with van der Waals surface area (Å²) < 4.78 is 31.5. The molecule has 1 aromatic carbocycles. The van der Waals surface area contributed by atoms with Gasteiger partial charge in [-0.15, -0.1) is 0 Å². The highest BCUT2D eigenvalue weighted by Gasteiger charge is 2.37. The number of carbonyl (C=O) groups is 1. The number of carbonyl (C=O) groups excluding carboxylic acids is 1. The fourth-order valence-corrected chi connectivity index (χ4v) is 3.55. The average molecular weight is 319 g/mol. The number of halogens is 1. The molecule has 1 aliphatic rings. The van der Waals surface area contributed by atoms with Crippen LogP contribution in [0, 0.1) is 0 Å². The zero-order valence-corrected chi connectivity index (χ0v) is 12.4. The Labute approximate surface area is 122 Å². The van der Waals surface area contributed by atoms with Crippen LogP contribution in [0.5, 0.6) is 0 Å². The van der Waals surface area contributed by atoms with Gasteiger partial charge >= 0.3 is 5.97 Å². The zero-order valence-electron chi connectivity index (χ0n) is 10.8. The van der Waals surface area contributed by atoms with Gasteiger partial charge in [-0.05, 0) is 30.7 Å². The predicted molar refractivity (Wildman–Crippen MR) is 76.2 cm³/mol. The lowest BCUT2D eigenvalue weighted by atomic mass is 10.2. The van der Waals surface area contributed by atoms with Crippen LogP contribution in [-0.4, -0.2) is 39.3 Å². The Bertz CT molecular complexity index is 588. The molecular weight excluding hydrogens is 304 g/mol. The molecule has 2 rings (SSSR count). The third-order valence-corrected chi connectivity index (χ3v) is 5.13. The van der Waals surface area contributed by atoms with E-state index in [1.165, 1.54) is 7.11 Å². The highest BCUT2D eigenvalue weighted by Crippen LogP contribution is 2.20. The molecule has 0 radical (unpaired) electrons. The van der Waals surface area contributed by atoms with Gasteiger partial charge in [0.2, 0.25) is 10.0 Å². The van der Waals surface area contributed by atoms with Crippen molar-refractivity contribution in [2.24, 2.45) is 0 Å². The Balaban J connectivity index is 2.04. The molecule has 0 amide bonds. The minimum atomic E-state index is -3.56. The van der Waals surface area contributed by atoms with Gasteiger partial charge in [-0.1, -0.05) is 11.6 Å². The molecular formula is C12H15ClN2O4S. The first kappa shape index (κ1) is 15.1. The minimum absolute atomic E-state index is 0.190. The molecule has 0 spiro atoms. The van der Waals surface area contributed by atoms with E-state index in [9.17, 15) is 13.2 Å². The number of anilines is 1. The second-order valence-electron chi connectivity index (χ2n) is 4.50. The van der Waals surface area contributed by atoms with Crippen LogP contribution in [0.4, 0.5) is 5.69 Å². The van der Waals surface area contributed by atoms with Crippen molar-refractivity contribution in [2.45, 2.75) is 17.7 Å². The number of methoxy groups -OCH3 is 1. The third-order valence-electron chi connectivity index (χ3n) is 3.12. The number of nitrogens with one attached hydrogen (secondary N) is 2. The number of benzene rings is 1. The largest absolute Gasteiger partial charge is 0.468 e. The summed E-state index contributed by atoms with van der Waals surface area (Å²) in [5.74, 6) is -0.450. The molecule has 1 heterocycles. The number of rotatable bonds is 4. The van der Waals surface area contributed by atoms with Gasteiger partial charge in [0.25, 0.3) is 0 Å². The van der Waals surface area contributed by atoms with E-state index >= 15 is 0 Å². The lowest BCUT2D eigenvalue weighted by Crippen LogP contribution is -2.31. The Kier molecular flexibility index (Phi) is 4.52. The van der Waals surface area contributed by atoms with Crippen LogP contribution >= 0.6 is 11.6 Å². The molecule has 2 atom stereocenters. The smallest absolute Gasteiger partial charge is 0.322 e. The first-order chi connectivity index (χ1) is 9.42. The Hall–Kier alpha value is -1.31. The van der Waals surface area contributed by atoms with Crippen LogP contribution < -0.4 is 10.0 Å². The molecule has 110 valence electrons. The lowest BCUT2D eigenvalue weighted by Gasteiger charge is -2.13. The maximum absolute atomic E-state index is 12.2. The lowest BCUT2D eigenvalue weighted by molar-refractivity contribution is -0.142. The van der Waals surface area contributed by atoms with Gasteiger partial charge < -0.3 is 10.1 Å². The Morgan fingerprint density at radius 3 is 2.65 bits per heavy atom. The van der Waals surface area contributed by atoms with Crippen molar-refractivity contribution in [1.29, 1.82) is 0 Å². The highest BCUT2D eigenvalue weighted by atomic mass is 35.5. The molecule has 1 saturated heterocycles. The summed E-state index contributed by atoms with van der Waals surface area (Å²) >= 11 is 5.74. The molecule has 0 aliphatic carbocycles. The normalized spacial score (nSPS) is 22.5. The number of hydrogen-bond donors (Lipinski definition) is 2. The van der Waals surface area contributed by atoms with Crippen LogP contribution in [0.3, 0.4) is 0 Å². The molecule has 2 unspecified atom stereocenters. The van der Waals surface area contributed by atoms with Crippen molar-refractivity contribution in [3.8, 4) is 0 Å². The third kappa shape index (κ3) is 3.41. The van der Waals surface area contributed by atoms with E-state index in [2.05, 4.69) is 14.8 Å². The maximum Gasteiger partial charge on any atom is 0.322 e. The predicted octanol–water partition coefficient (Wildman–Crippen LogP) is 0.985. The minimum Gasteiger partial charge on any atom is -0.468 e. The maximum atomic E-state index is 12.2. The molecule has 0 aromatic heterocycles. The molecule has 0 saturated carbocycles. The van der Waals surface area contributed by atoms with Gasteiger partial charge in [0, 0.05) is 17.3 Å². The number of sulfonamides is 1. The van der Waals surface area contributed by atoms with Gasteiger partial charge in [-0.25, -0.2) is 8.42 Å². The fraction of sp³-hybridized carbons (Fsp3) is 0.417. The van der Waals surface area contributed by atoms with E-state index in [0.29, 0.717) is 10.7 Å². The van der Waals surface area contributed by atoms with Crippen molar-refractivity contribution in [3.63, 3.8) is 0 Å². The summed E-state index contributed by atoms with van der Waals surface area (Å²) in [5.41, 5.74) is 0.441. The van der Waals surface area contributed by atoms with Gasteiger partial charge in [0.1, 0.15) is 6.04 Å². The number of esters is 1. The van der Waals surface area contributed by atoms with E-state index in [4.69, 9.17) is 11.6 Å². The Morgan fingerprint density at radius 2 is 2.05 bits per heavy atom. The van der Waals surface area contributed by atoms with Crippen molar-refractivity contribution in [3.05, 3.63) is 29.3 Å². The van der Waals surface area contributed by atoms with Crippen molar-refractivity contribution < 1.29 is 17.9 Å². The summed E-state index contributed by atoms with van der Waals surface area (Å²) in [6.07, 6.45) is 0.190. The number of ether oxygens (including phenoxy) is 1. The molecule has 1 aromatic rings. The van der Waals surface area contributed by atoms with Crippen molar-refractivity contribution >= 4 is 33.3 Å². The standard InChI is InChI=1S/C12H15ClN2O4S/c1-19-12(16)11-6-10(7-14-11)20(17,18)15-9-4-2-8(13)3-5-9/h2-5,10-11,14-15H,6-7H2,1H3. The quantitative estimate of drug-likeness (QED) is 0.809. The van der Waals surface area contributed by atoms with E-state index in [1.807, 2.05) is 0 Å². The summed E-state index contributed by atoms with van der Waals surface area (Å²) in [6.45, 7) is 0.211. The average Bonchev–Trinajstić information content (AvgIpc) is 2.91. The van der Waals surface area contributed by atoms with Gasteiger partial charge in [0.05, 0.1) is 12.4 Å². The van der Waals surface area contributed by atoms with Gasteiger partial charge in [0.15, 0.2) is 0 Å². The van der Waals surface area contributed by atoms with Gasteiger partial charge in [-0.3, -0.25) is 9.52 Å². The van der Waals surface area contributed by atoms with Crippen LogP contribution in [0.2, 0.25) is 5.02 Å². The van der Waals surface area contributed by atoms with E-state index in [1.54, 1.807) is 24.3 Å². The summed E-state index contributed by atoms with van der Waals surface area (Å²) in [7, 11) is -2.29. The van der Waals surface area contributed by atoms with Gasteiger partial charge in [-0.2, -0.15) is 0 Å². The monoisotopic (exact) mass is 318 g/mol. The number of hydrogen-bond acceptors (Lipinski definition) is 5. The first-order valence-electron chi connectivity index (χ1n) is 6.01. The van der Waals surface area contributed by atoms with Crippen molar-refractivity contribution in [2.75, 3.05) is 18.4 Å². The van der Waals surface area contributed by atoms with Crippen molar-refractivity contribution in [1.82, 2.24) is 5.32 Å². The molecule has 6 nitrogen and oxygen atoms in total. The summed E-state index contributed by atoms with van der Waals surface area (Å²) in [4.78, 5) is 11.4. The topological polar surface area (TPSA) is 84.5 Å². The molecule has 1 fully saturated rings. The zero-order chi connectivity index (χ0) is 14.8. The van der Waals surface area contributed by atoms with Crippen LogP contribution in [0.1, 0.15) is 6.42 Å². The van der Waals surface area contributed by atoms with Crippen LogP contribution in [-0.2, 0) is 19.6 Å². The molecule has 2 N–H and O–H groups in total.